The monoisotopic (exact) mass is 406 g/mol. The molecule has 1 fully saturated rings. The predicted molar refractivity (Wildman–Crippen MR) is 101 cm³/mol. The van der Waals surface area contributed by atoms with Gasteiger partial charge in [-0.25, -0.2) is 9.18 Å². The van der Waals surface area contributed by atoms with Crippen LogP contribution in [-0.2, 0) is 19.1 Å². The predicted octanol–water partition coefficient (Wildman–Crippen LogP) is 2.95. The van der Waals surface area contributed by atoms with E-state index in [1.807, 2.05) is 0 Å². The SMILES string of the molecule is CC(=O)N1[C@@H](c2ccco2)SC[C@H]1C(=O)O[C@H](C)C(=O)Nc1ccccc1F. The van der Waals surface area contributed by atoms with E-state index in [1.54, 1.807) is 18.2 Å². The summed E-state index contributed by atoms with van der Waals surface area (Å²) in [5.74, 6) is -1.40. The zero-order valence-corrected chi connectivity index (χ0v) is 16.1. The van der Waals surface area contributed by atoms with Gasteiger partial charge in [-0.05, 0) is 31.2 Å². The minimum absolute atomic E-state index is 0.00457. The number of anilines is 1. The fourth-order valence-corrected chi connectivity index (χ4v) is 4.24. The van der Waals surface area contributed by atoms with E-state index < -0.39 is 35.2 Å². The van der Waals surface area contributed by atoms with Gasteiger partial charge in [-0.1, -0.05) is 12.1 Å². The fourth-order valence-electron chi connectivity index (χ4n) is 2.83. The Kier molecular flexibility index (Phi) is 6.03. The highest BCUT2D eigenvalue weighted by Crippen LogP contribution is 2.41. The molecule has 0 spiro atoms. The highest BCUT2D eigenvalue weighted by Gasteiger charge is 2.43. The fraction of sp³-hybridized carbons (Fsp3) is 0.316. The summed E-state index contributed by atoms with van der Waals surface area (Å²) in [4.78, 5) is 38.3. The van der Waals surface area contributed by atoms with Crippen molar-refractivity contribution in [2.45, 2.75) is 31.4 Å². The molecule has 1 aromatic carbocycles. The molecule has 0 unspecified atom stereocenters. The highest BCUT2D eigenvalue weighted by molar-refractivity contribution is 7.99. The number of nitrogens with zero attached hydrogens (tertiary/aromatic N) is 1. The molecule has 148 valence electrons. The molecule has 0 aliphatic carbocycles. The van der Waals surface area contributed by atoms with E-state index in [9.17, 15) is 18.8 Å². The Labute approximate surface area is 165 Å². The van der Waals surface area contributed by atoms with E-state index in [2.05, 4.69) is 5.32 Å². The maximum Gasteiger partial charge on any atom is 0.330 e. The molecular weight excluding hydrogens is 387 g/mol. The maximum atomic E-state index is 13.7. The summed E-state index contributed by atoms with van der Waals surface area (Å²) < 4.78 is 24.3. The normalized spacial score (nSPS) is 19.9. The van der Waals surface area contributed by atoms with Crippen molar-refractivity contribution in [1.29, 1.82) is 0 Å². The van der Waals surface area contributed by atoms with E-state index >= 15 is 0 Å². The van der Waals surface area contributed by atoms with Gasteiger partial charge < -0.3 is 19.4 Å². The number of rotatable bonds is 5. The largest absolute Gasteiger partial charge is 0.466 e. The highest BCUT2D eigenvalue weighted by atomic mass is 32.2. The van der Waals surface area contributed by atoms with Crippen LogP contribution in [0.2, 0.25) is 0 Å². The molecule has 1 aromatic heterocycles. The Morgan fingerprint density at radius 3 is 2.68 bits per heavy atom. The van der Waals surface area contributed by atoms with E-state index in [1.165, 1.54) is 55.0 Å². The van der Waals surface area contributed by atoms with Crippen molar-refractivity contribution < 1.29 is 27.9 Å². The molecule has 2 amide bonds. The van der Waals surface area contributed by atoms with Crippen LogP contribution in [0.3, 0.4) is 0 Å². The molecule has 7 nitrogen and oxygen atoms in total. The first kappa shape index (κ1) is 19.9. The van der Waals surface area contributed by atoms with Crippen LogP contribution in [-0.4, -0.2) is 40.6 Å². The number of amides is 2. The third-order valence-electron chi connectivity index (χ3n) is 4.22. The van der Waals surface area contributed by atoms with Crippen LogP contribution in [0.15, 0.2) is 47.1 Å². The van der Waals surface area contributed by atoms with Gasteiger partial charge in [0.15, 0.2) is 6.10 Å². The Morgan fingerprint density at radius 1 is 1.29 bits per heavy atom. The van der Waals surface area contributed by atoms with Gasteiger partial charge in [-0.2, -0.15) is 0 Å². The molecule has 0 radical (unpaired) electrons. The van der Waals surface area contributed by atoms with E-state index in [-0.39, 0.29) is 11.6 Å². The smallest absolute Gasteiger partial charge is 0.330 e. The molecule has 1 aliphatic rings. The molecule has 28 heavy (non-hydrogen) atoms. The van der Waals surface area contributed by atoms with Gasteiger partial charge in [-0.15, -0.1) is 11.8 Å². The van der Waals surface area contributed by atoms with Crippen molar-refractivity contribution in [3.05, 3.63) is 54.2 Å². The van der Waals surface area contributed by atoms with Crippen LogP contribution in [0, 0.1) is 5.82 Å². The van der Waals surface area contributed by atoms with Crippen molar-refractivity contribution in [1.82, 2.24) is 4.90 Å². The average Bonchev–Trinajstić information content (AvgIpc) is 3.32. The second-order valence-corrected chi connectivity index (χ2v) is 7.30. The van der Waals surface area contributed by atoms with Crippen LogP contribution in [0.25, 0.3) is 0 Å². The first-order chi connectivity index (χ1) is 13.4. The van der Waals surface area contributed by atoms with Gasteiger partial charge in [0.25, 0.3) is 5.91 Å². The van der Waals surface area contributed by atoms with Crippen LogP contribution >= 0.6 is 11.8 Å². The Balaban J connectivity index is 1.65. The summed E-state index contributed by atoms with van der Waals surface area (Å²) in [6, 6.07) is 8.27. The molecular formula is C19H19FN2O5S. The number of hydrogen-bond acceptors (Lipinski definition) is 6. The van der Waals surface area contributed by atoms with Gasteiger partial charge in [0.1, 0.15) is 23.0 Å². The molecule has 3 rings (SSSR count). The van der Waals surface area contributed by atoms with Crippen molar-refractivity contribution in [3.8, 4) is 0 Å². The summed E-state index contributed by atoms with van der Waals surface area (Å²) in [5.41, 5.74) is -0.00457. The van der Waals surface area contributed by atoms with Crippen molar-refractivity contribution in [2.75, 3.05) is 11.1 Å². The van der Waals surface area contributed by atoms with Gasteiger partial charge in [-0.3, -0.25) is 9.59 Å². The Hall–Kier alpha value is -2.81. The zero-order chi connectivity index (χ0) is 20.3. The number of benzene rings is 1. The van der Waals surface area contributed by atoms with Crippen LogP contribution in [0.1, 0.15) is 25.0 Å². The number of carbonyl (C=O) groups excluding carboxylic acids is 3. The van der Waals surface area contributed by atoms with Crippen LogP contribution in [0.4, 0.5) is 10.1 Å². The van der Waals surface area contributed by atoms with Gasteiger partial charge in [0.05, 0.1) is 12.0 Å². The molecule has 0 saturated carbocycles. The minimum atomic E-state index is -1.16. The number of nitrogens with one attached hydrogen (secondary N) is 1. The van der Waals surface area contributed by atoms with Crippen molar-refractivity contribution >= 4 is 35.2 Å². The molecule has 2 heterocycles. The number of esters is 1. The third-order valence-corrected chi connectivity index (χ3v) is 5.50. The molecule has 2 aromatic rings. The standard InChI is InChI=1S/C19H19FN2O5S/c1-11(17(24)21-14-7-4-3-6-13(14)20)27-19(25)15-10-28-18(22(15)12(2)23)16-8-5-9-26-16/h3-9,11,15,18H,10H2,1-2H3,(H,21,24)/t11-,15+,18-/m1/s1. The summed E-state index contributed by atoms with van der Waals surface area (Å²) in [7, 11) is 0. The molecule has 1 saturated heterocycles. The van der Waals surface area contributed by atoms with Crippen molar-refractivity contribution in [3.63, 3.8) is 0 Å². The lowest BCUT2D eigenvalue weighted by Crippen LogP contribution is -2.44. The number of para-hydroxylation sites is 1. The van der Waals surface area contributed by atoms with Crippen LogP contribution < -0.4 is 5.32 Å². The van der Waals surface area contributed by atoms with Crippen molar-refractivity contribution in [2.24, 2.45) is 0 Å². The second-order valence-electron chi connectivity index (χ2n) is 6.19. The first-order valence-electron chi connectivity index (χ1n) is 8.58. The third kappa shape index (κ3) is 4.19. The van der Waals surface area contributed by atoms with E-state index in [4.69, 9.17) is 9.15 Å². The number of thioether (sulfide) groups is 1. The minimum Gasteiger partial charge on any atom is -0.466 e. The maximum absolute atomic E-state index is 13.7. The number of carbonyl (C=O) groups is 3. The number of ether oxygens (including phenoxy) is 1. The number of halogens is 1. The number of furan rings is 1. The van der Waals surface area contributed by atoms with Crippen LogP contribution in [0.5, 0.6) is 0 Å². The first-order valence-corrected chi connectivity index (χ1v) is 9.63. The quantitative estimate of drug-likeness (QED) is 0.768. The van der Waals surface area contributed by atoms with E-state index in [0.29, 0.717) is 11.5 Å². The molecule has 3 atom stereocenters. The summed E-state index contributed by atoms with van der Waals surface area (Å²) >= 11 is 1.37. The molecule has 1 N–H and O–H groups in total. The summed E-state index contributed by atoms with van der Waals surface area (Å²) in [6.45, 7) is 2.74. The average molecular weight is 406 g/mol. The molecule has 1 aliphatic heterocycles. The number of hydrogen-bond donors (Lipinski definition) is 1. The topological polar surface area (TPSA) is 88.8 Å². The van der Waals surface area contributed by atoms with E-state index in [0.717, 1.165) is 0 Å². The Morgan fingerprint density at radius 2 is 2.04 bits per heavy atom. The van der Waals surface area contributed by atoms with Gasteiger partial charge >= 0.3 is 5.97 Å². The molecule has 0 bridgehead atoms. The molecule has 9 heteroatoms. The van der Waals surface area contributed by atoms with Gasteiger partial charge in [0.2, 0.25) is 5.91 Å². The Bertz CT molecular complexity index is 873. The lowest BCUT2D eigenvalue weighted by atomic mass is 10.2. The van der Waals surface area contributed by atoms with Gasteiger partial charge in [0, 0.05) is 12.7 Å². The lowest BCUT2D eigenvalue weighted by Gasteiger charge is -2.26. The summed E-state index contributed by atoms with van der Waals surface area (Å²) in [6.07, 6.45) is 0.336. The lowest BCUT2D eigenvalue weighted by molar-refractivity contribution is -0.160. The second kappa shape index (κ2) is 8.47. The summed E-state index contributed by atoms with van der Waals surface area (Å²) in [5, 5.41) is 1.94. The zero-order valence-electron chi connectivity index (χ0n) is 15.3.